The van der Waals surface area contributed by atoms with Crippen LogP contribution in [0.5, 0.6) is 0 Å². The normalized spacial score (nSPS) is 12.7. The first-order chi connectivity index (χ1) is 15.9. The standard InChI is InChI=1S/C23H13FN6O3/c24-15-7-5-13(10-25)18(9-15)14-6-8-19-26-23(28-30(19)11-14)27-20(31)12-29-21(32)16-3-1-2-4-17(16)22(29)33/h1-9,11H,12H2,(H,27,28,31). The lowest BCUT2D eigenvalue weighted by atomic mass is 10.0. The van der Waals surface area contributed by atoms with E-state index in [-0.39, 0.29) is 17.1 Å². The van der Waals surface area contributed by atoms with Gasteiger partial charge in [-0.3, -0.25) is 24.6 Å². The molecule has 0 radical (unpaired) electrons. The summed E-state index contributed by atoms with van der Waals surface area (Å²) < 4.78 is 15.1. The second-order valence-corrected chi connectivity index (χ2v) is 7.25. The van der Waals surface area contributed by atoms with E-state index in [9.17, 15) is 24.0 Å². The van der Waals surface area contributed by atoms with Crippen molar-refractivity contribution in [1.82, 2.24) is 19.5 Å². The number of carbonyl (C=O) groups is 3. The maximum absolute atomic E-state index is 13.7. The van der Waals surface area contributed by atoms with Gasteiger partial charge in [-0.2, -0.15) is 10.2 Å². The Morgan fingerprint density at radius 1 is 1.03 bits per heavy atom. The van der Waals surface area contributed by atoms with Crippen molar-refractivity contribution in [2.24, 2.45) is 0 Å². The van der Waals surface area contributed by atoms with Crippen molar-refractivity contribution in [2.75, 3.05) is 11.9 Å². The second-order valence-electron chi connectivity index (χ2n) is 7.25. The van der Waals surface area contributed by atoms with Crippen LogP contribution in [0.15, 0.2) is 60.8 Å². The summed E-state index contributed by atoms with van der Waals surface area (Å²) in [5.74, 6) is -2.24. The Labute approximate surface area is 185 Å². The number of aromatic nitrogens is 3. The van der Waals surface area contributed by atoms with E-state index in [4.69, 9.17) is 0 Å². The molecule has 10 heteroatoms. The molecule has 1 aliphatic rings. The molecule has 0 fully saturated rings. The summed E-state index contributed by atoms with van der Waals surface area (Å²) in [6.07, 6.45) is 1.55. The summed E-state index contributed by atoms with van der Waals surface area (Å²) >= 11 is 0. The van der Waals surface area contributed by atoms with Crippen LogP contribution in [-0.2, 0) is 4.79 Å². The number of fused-ring (bicyclic) bond motifs is 2. The highest BCUT2D eigenvalue weighted by molar-refractivity contribution is 6.22. The number of benzene rings is 2. The fourth-order valence-electron chi connectivity index (χ4n) is 3.64. The molecule has 1 aliphatic heterocycles. The molecule has 33 heavy (non-hydrogen) atoms. The van der Waals surface area contributed by atoms with E-state index >= 15 is 0 Å². The van der Waals surface area contributed by atoms with Crippen LogP contribution in [0, 0.1) is 17.1 Å². The molecule has 160 valence electrons. The largest absolute Gasteiger partial charge is 0.292 e. The van der Waals surface area contributed by atoms with Gasteiger partial charge in [0.1, 0.15) is 12.4 Å². The van der Waals surface area contributed by atoms with Crippen molar-refractivity contribution >= 4 is 29.3 Å². The second kappa shape index (κ2) is 7.65. The van der Waals surface area contributed by atoms with E-state index < -0.39 is 30.1 Å². The van der Waals surface area contributed by atoms with E-state index in [0.29, 0.717) is 22.3 Å². The number of carbonyl (C=O) groups excluding carboxylic acids is 3. The topological polar surface area (TPSA) is 120 Å². The third-order valence-corrected chi connectivity index (χ3v) is 5.18. The Bertz CT molecular complexity index is 1490. The van der Waals surface area contributed by atoms with Gasteiger partial charge in [0.2, 0.25) is 11.9 Å². The molecule has 0 saturated heterocycles. The van der Waals surface area contributed by atoms with Crippen molar-refractivity contribution < 1.29 is 18.8 Å². The molecular weight excluding hydrogens is 427 g/mol. The van der Waals surface area contributed by atoms with Gasteiger partial charge in [0.25, 0.3) is 11.8 Å². The summed E-state index contributed by atoms with van der Waals surface area (Å²) in [7, 11) is 0. The summed E-state index contributed by atoms with van der Waals surface area (Å²) in [4.78, 5) is 42.4. The highest BCUT2D eigenvalue weighted by Gasteiger charge is 2.36. The first-order valence-electron chi connectivity index (χ1n) is 9.76. The number of pyridine rings is 1. The molecule has 0 atom stereocenters. The zero-order valence-corrected chi connectivity index (χ0v) is 16.8. The van der Waals surface area contributed by atoms with Crippen molar-refractivity contribution in [2.45, 2.75) is 0 Å². The minimum absolute atomic E-state index is 0.0338. The van der Waals surface area contributed by atoms with Crippen LogP contribution in [-0.4, -0.2) is 43.8 Å². The highest BCUT2D eigenvalue weighted by atomic mass is 19.1. The van der Waals surface area contributed by atoms with Gasteiger partial charge in [-0.25, -0.2) is 8.91 Å². The van der Waals surface area contributed by atoms with E-state index in [1.807, 2.05) is 6.07 Å². The van der Waals surface area contributed by atoms with E-state index in [2.05, 4.69) is 15.4 Å². The number of amides is 3. The van der Waals surface area contributed by atoms with Gasteiger partial charge in [-0.05, 0) is 42.5 Å². The Balaban J connectivity index is 1.36. The predicted molar refractivity (Wildman–Crippen MR) is 114 cm³/mol. The number of nitriles is 1. The molecule has 0 saturated carbocycles. The van der Waals surface area contributed by atoms with E-state index in [1.165, 1.54) is 34.8 Å². The molecule has 0 aliphatic carbocycles. The van der Waals surface area contributed by atoms with Gasteiger partial charge in [0, 0.05) is 17.3 Å². The minimum atomic E-state index is -0.641. The van der Waals surface area contributed by atoms with Gasteiger partial charge in [-0.1, -0.05) is 12.1 Å². The quantitative estimate of drug-likeness (QED) is 0.487. The van der Waals surface area contributed by atoms with Crippen LogP contribution in [0.3, 0.4) is 0 Å². The molecule has 0 spiro atoms. The van der Waals surface area contributed by atoms with Crippen molar-refractivity contribution in [3.05, 3.63) is 83.3 Å². The zero-order chi connectivity index (χ0) is 23.1. The molecule has 2 aromatic heterocycles. The number of imide groups is 1. The maximum Gasteiger partial charge on any atom is 0.262 e. The van der Waals surface area contributed by atoms with Crippen molar-refractivity contribution in [1.29, 1.82) is 5.26 Å². The lowest BCUT2D eigenvalue weighted by Crippen LogP contribution is -2.37. The number of nitrogens with one attached hydrogen (secondary N) is 1. The Morgan fingerprint density at radius 3 is 2.45 bits per heavy atom. The molecule has 3 heterocycles. The number of hydrogen-bond acceptors (Lipinski definition) is 6. The number of nitrogens with zero attached hydrogens (tertiary/aromatic N) is 5. The molecule has 4 aromatic rings. The predicted octanol–water partition coefficient (Wildman–Crippen LogP) is 2.64. The Morgan fingerprint density at radius 2 is 1.76 bits per heavy atom. The smallest absolute Gasteiger partial charge is 0.262 e. The molecule has 0 unspecified atom stereocenters. The Kier molecular flexibility index (Phi) is 4.64. The van der Waals surface area contributed by atoms with Gasteiger partial charge in [0.05, 0.1) is 22.8 Å². The third-order valence-electron chi connectivity index (χ3n) is 5.18. The number of anilines is 1. The monoisotopic (exact) mass is 440 g/mol. The SMILES string of the molecule is N#Cc1ccc(F)cc1-c1ccc2nc(NC(=O)CN3C(=O)c4ccccc4C3=O)nn2c1. The average molecular weight is 440 g/mol. The fourth-order valence-corrected chi connectivity index (χ4v) is 3.64. The van der Waals surface area contributed by atoms with E-state index in [0.717, 1.165) is 4.90 Å². The third kappa shape index (κ3) is 3.47. The molecule has 5 rings (SSSR count). The summed E-state index contributed by atoms with van der Waals surface area (Å²) in [5, 5.41) is 15.9. The number of rotatable bonds is 4. The fraction of sp³-hybridized carbons (Fsp3) is 0.0435. The number of hydrogen-bond donors (Lipinski definition) is 1. The van der Waals surface area contributed by atoms with Crippen LogP contribution >= 0.6 is 0 Å². The van der Waals surface area contributed by atoms with Gasteiger partial charge in [-0.15, -0.1) is 5.10 Å². The molecule has 3 amide bonds. The molecule has 1 N–H and O–H groups in total. The zero-order valence-electron chi connectivity index (χ0n) is 16.8. The first kappa shape index (κ1) is 20.0. The van der Waals surface area contributed by atoms with Gasteiger partial charge >= 0.3 is 0 Å². The maximum atomic E-state index is 13.7. The lowest BCUT2D eigenvalue weighted by molar-refractivity contribution is -0.116. The highest BCUT2D eigenvalue weighted by Crippen LogP contribution is 2.25. The minimum Gasteiger partial charge on any atom is -0.292 e. The van der Waals surface area contributed by atoms with Crippen LogP contribution in [0.25, 0.3) is 16.8 Å². The summed E-state index contributed by atoms with van der Waals surface area (Å²) in [5.41, 5.74) is 2.12. The van der Waals surface area contributed by atoms with Gasteiger partial charge < -0.3 is 0 Å². The van der Waals surface area contributed by atoms with Crippen LogP contribution < -0.4 is 5.32 Å². The van der Waals surface area contributed by atoms with Crippen LogP contribution in [0.2, 0.25) is 0 Å². The molecular formula is C23H13FN6O3. The van der Waals surface area contributed by atoms with Crippen molar-refractivity contribution in [3.8, 4) is 17.2 Å². The molecule has 0 bridgehead atoms. The first-order valence-corrected chi connectivity index (χ1v) is 9.76. The van der Waals surface area contributed by atoms with Crippen LogP contribution in [0.4, 0.5) is 10.3 Å². The summed E-state index contributed by atoms with van der Waals surface area (Å²) in [6.45, 7) is -0.484. The van der Waals surface area contributed by atoms with E-state index in [1.54, 1.807) is 30.5 Å². The van der Waals surface area contributed by atoms with Crippen molar-refractivity contribution in [3.63, 3.8) is 0 Å². The van der Waals surface area contributed by atoms with Crippen LogP contribution in [0.1, 0.15) is 26.3 Å². The average Bonchev–Trinajstić information content (AvgIpc) is 3.32. The number of halogens is 1. The molecule has 2 aromatic carbocycles. The Hall–Kier alpha value is -4.91. The summed E-state index contributed by atoms with van der Waals surface area (Å²) in [6, 6.07) is 15.5. The van der Waals surface area contributed by atoms with Gasteiger partial charge in [0.15, 0.2) is 5.65 Å². The lowest BCUT2D eigenvalue weighted by Gasteiger charge is -2.12. The molecule has 9 nitrogen and oxygen atoms in total.